The largest absolute Gasteiger partial charge is 0.416 e. The molecular formula is C20H17F3N4O. The van der Waals surface area contributed by atoms with Crippen LogP contribution in [0.15, 0.2) is 54.7 Å². The van der Waals surface area contributed by atoms with E-state index in [2.05, 4.69) is 5.10 Å². The van der Waals surface area contributed by atoms with Gasteiger partial charge in [0.25, 0.3) is 0 Å². The van der Waals surface area contributed by atoms with Crippen LogP contribution in [-0.4, -0.2) is 27.3 Å². The topological polar surface area (TPSA) is 43.1 Å². The summed E-state index contributed by atoms with van der Waals surface area (Å²) in [5, 5.41) is 5.26. The first-order valence-corrected chi connectivity index (χ1v) is 8.60. The van der Waals surface area contributed by atoms with Crippen LogP contribution in [-0.2, 0) is 24.6 Å². The van der Waals surface area contributed by atoms with Gasteiger partial charge in [-0.2, -0.15) is 18.3 Å². The Kier molecular flexibility index (Phi) is 4.14. The zero-order chi connectivity index (χ0) is 20.1. The quantitative estimate of drug-likeness (QED) is 0.529. The first kappa shape index (κ1) is 18.1. The van der Waals surface area contributed by atoms with Gasteiger partial charge in [0, 0.05) is 25.2 Å². The summed E-state index contributed by atoms with van der Waals surface area (Å²) in [6.45, 7) is 0.0488. The van der Waals surface area contributed by atoms with E-state index in [4.69, 9.17) is 0 Å². The second kappa shape index (κ2) is 6.40. The molecule has 144 valence electrons. The molecule has 0 atom stereocenters. The number of para-hydroxylation sites is 1. The van der Waals surface area contributed by atoms with Crippen LogP contribution in [0.2, 0.25) is 0 Å². The molecule has 2 aromatic carbocycles. The lowest BCUT2D eigenvalue weighted by atomic mass is 10.2. The van der Waals surface area contributed by atoms with E-state index in [0.717, 1.165) is 34.1 Å². The predicted octanol–water partition coefficient (Wildman–Crippen LogP) is 4.21. The number of benzene rings is 2. The van der Waals surface area contributed by atoms with Crippen LogP contribution in [0.25, 0.3) is 21.9 Å². The lowest BCUT2D eigenvalue weighted by Crippen LogP contribution is -2.30. The fourth-order valence-electron chi connectivity index (χ4n) is 3.40. The molecule has 4 rings (SSSR count). The maximum Gasteiger partial charge on any atom is 0.416 e. The molecule has 28 heavy (non-hydrogen) atoms. The molecule has 2 heterocycles. The van der Waals surface area contributed by atoms with Gasteiger partial charge in [0.05, 0.1) is 28.3 Å². The lowest BCUT2D eigenvalue weighted by molar-refractivity contribution is -0.137. The molecule has 0 aliphatic heterocycles. The van der Waals surface area contributed by atoms with Gasteiger partial charge in [-0.15, -0.1) is 0 Å². The number of fused-ring (bicyclic) bond motifs is 3. The van der Waals surface area contributed by atoms with Gasteiger partial charge in [0.2, 0.25) is 5.91 Å². The normalized spacial score (nSPS) is 12.0. The summed E-state index contributed by atoms with van der Waals surface area (Å²) in [5.41, 5.74) is 2.32. The van der Waals surface area contributed by atoms with E-state index < -0.39 is 11.7 Å². The van der Waals surface area contributed by atoms with Crippen LogP contribution in [0.1, 0.15) is 5.56 Å². The molecule has 0 bridgehead atoms. The van der Waals surface area contributed by atoms with Crippen LogP contribution < -0.4 is 4.90 Å². The van der Waals surface area contributed by atoms with Crippen LogP contribution in [0.3, 0.4) is 0 Å². The monoisotopic (exact) mass is 386 g/mol. The number of nitrogens with zero attached hydrogens (tertiary/aromatic N) is 4. The van der Waals surface area contributed by atoms with Crippen LogP contribution in [0.4, 0.5) is 18.9 Å². The summed E-state index contributed by atoms with van der Waals surface area (Å²) in [6.07, 6.45) is -2.70. The third-order valence-corrected chi connectivity index (χ3v) is 4.91. The summed E-state index contributed by atoms with van der Waals surface area (Å²) in [7, 11) is 3.40. The SMILES string of the molecule is CN(C(=O)Cn1c2ccccc2c2c1cnn2C)c1ccc(C(F)(F)F)cc1. The molecule has 0 spiro atoms. The third kappa shape index (κ3) is 2.90. The van der Waals surface area contributed by atoms with Crippen LogP contribution in [0, 0.1) is 0 Å². The Hall–Kier alpha value is -3.29. The average Bonchev–Trinajstić information content (AvgIpc) is 3.20. The maximum atomic E-state index is 12.8. The van der Waals surface area contributed by atoms with Crippen molar-refractivity contribution in [2.45, 2.75) is 12.7 Å². The number of rotatable bonds is 3. The van der Waals surface area contributed by atoms with E-state index in [1.165, 1.54) is 17.0 Å². The summed E-state index contributed by atoms with van der Waals surface area (Å²) in [4.78, 5) is 14.2. The molecule has 4 aromatic rings. The fourth-order valence-corrected chi connectivity index (χ4v) is 3.40. The molecule has 0 fully saturated rings. The highest BCUT2D eigenvalue weighted by Crippen LogP contribution is 2.31. The Labute approximate surface area is 158 Å². The van der Waals surface area contributed by atoms with Gasteiger partial charge in [-0.3, -0.25) is 9.48 Å². The van der Waals surface area contributed by atoms with Crippen LogP contribution >= 0.6 is 0 Å². The van der Waals surface area contributed by atoms with E-state index in [1.807, 2.05) is 35.9 Å². The van der Waals surface area contributed by atoms with Crippen molar-refractivity contribution < 1.29 is 18.0 Å². The molecule has 0 radical (unpaired) electrons. The Morgan fingerprint density at radius 2 is 1.75 bits per heavy atom. The summed E-state index contributed by atoms with van der Waals surface area (Å²) < 4.78 is 41.9. The number of carbonyl (C=O) groups excluding carboxylic acids is 1. The van der Waals surface area contributed by atoms with Gasteiger partial charge in [-0.05, 0) is 30.3 Å². The molecule has 0 unspecified atom stereocenters. The fraction of sp³-hybridized carbons (Fsp3) is 0.200. The minimum Gasteiger partial charge on any atom is -0.328 e. The molecule has 0 N–H and O–H groups in total. The van der Waals surface area contributed by atoms with E-state index in [9.17, 15) is 18.0 Å². The third-order valence-electron chi connectivity index (χ3n) is 4.91. The number of alkyl halides is 3. The van der Waals surface area contributed by atoms with Crippen molar-refractivity contribution in [3.63, 3.8) is 0 Å². The van der Waals surface area contributed by atoms with E-state index in [1.54, 1.807) is 17.9 Å². The molecule has 8 heteroatoms. The molecular weight excluding hydrogens is 369 g/mol. The van der Waals surface area contributed by atoms with Crippen molar-refractivity contribution in [3.8, 4) is 0 Å². The van der Waals surface area contributed by atoms with Crippen molar-refractivity contribution >= 4 is 33.5 Å². The highest BCUT2D eigenvalue weighted by atomic mass is 19.4. The van der Waals surface area contributed by atoms with Crippen LogP contribution in [0.5, 0.6) is 0 Å². The highest BCUT2D eigenvalue weighted by Gasteiger charge is 2.30. The minimum atomic E-state index is -4.41. The standard InChI is InChI=1S/C20H17F3N4O/c1-25(14-9-7-13(8-10-14)20(21,22)23)18(28)12-27-16-6-4-3-5-15(16)19-17(27)11-24-26(19)2/h3-11H,12H2,1-2H3. The Morgan fingerprint density at radius 1 is 1.07 bits per heavy atom. The second-order valence-corrected chi connectivity index (χ2v) is 6.60. The number of anilines is 1. The van der Waals surface area contributed by atoms with Gasteiger partial charge in [-0.1, -0.05) is 18.2 Å². The second-order valence-electron chi connectivity index (χ2n) is 6.60. The number of carbonyl (C=O) groups is 1. The lowest BCUT2D eigenvalue weighted by Gasteiger charge is -2.19. The van der Waals surface area contributed by atoms with Crippen molar-refractivity contribution in [2.75, 3.05) is 11.9 Å². The highest BCUT2D eigenvalue weighted by molar-refractivity contribution is 6.07. The van der Waals surface area contributed by atoms with E-state index >= 15 is 0 Å². The smallest absolute Gasteiger partial charge is 0.328 e. The van der Waals surface area contributed by atoms with Gasteiger partial charge in [-0.25, -0.2) is 0 Å². The van der Waals surface area contributed by atoms with Gasteiger partial charge in [0.1, 0.15) is 6.54 Å². The molecule has 0 saturated heterocycles. The van der Waals surface area contributed by atoms with Gasteiger partial charge >= 0.3 is 6.18 Å². The number of halogens is 3. The number of amides is 1. The summed E-state index contributed by atoms with van der Waals surface area (Å²) in [6, 6.07) is 12.3. The number of hydrogen-bond donors (Lipinski definition) is 0. The predicted molar refractivity (Wildman–Crippen MR) is 101 cm³/mol. The zero-order valence-corrected chi connectivity index (χ0v) is 15.2. The summed E-state index contributed by atoms with van der Waals surface area (Å²) >= 11 is 0. The Morgan fingerprint density at radius 3 is 2.43 bits per heavy atom. The van der Waals surface area contributed by atoms with E-state index in [-0.39, 0.29) is 12.5 Å². The Balaban J connectivity index is 1.66. The number of likely N-dealkylation sites (N-methyl/N-ethyl adjacent to an activating group) is 1. The zero-order valence-electron chi connectivity index (χ0n) is 15.2. The first-order chi connectivity index (χ1) is 13.3. The molecule has 1 amide bonds. The molecule has 0 aliphatic carbocycles. The minimum absolute atomic E-state index is 0.0488. The van der Waals surface area contributed by atoms with Crippen molar-refractivity contribution in [1.29, 1.82) is 0 Å². The molecule has 0 aliphatic rings. The average molecular weight is 386 g/mol. The maximum absolute atomic E-state index is 12.8. The van der Waals surface area contributed by atoms with Crippen molar-refractivity contribution in [2.24, 2.45) is 7.05 Å². The van der Waals surface area contributed by atoms with Gasteiger partial charge < -0.3 is 9.47 Å². The van der Waals surface area contributed by atoms with E-state index in [0.29, 0.717) is 5.69 Å². The Bertz CT molecular complexity index is 1170. The molecule has 0 saturated carbocycles. The van der Waals surface area contributed by atoms with Crippen molar-refractivity contribution in [1.82, 2.24) is 14.3 Å². The molecule has 2 aromatic heterocycles. The number of hydrogen-bond acceptors (Lipinski definition) is 2. The summed E-state index contributed by atoms with van der Waals surface area (Å²) in [5.74, 6) is -0.244. The van der Waals surface area contributed by atoms with Gasteiger partial charge in [0.15, 0.2) is 0 Å². The first-order valence-electron chi connectivity index (χ1n) is 8.60. The number of aromatic nitrogens is 3. The van der Waals surface area contributed by atoms with Crippen molar-refractivity contribution in [3.05, 3.63) is 60.3 Å². The molecule has 5 nitrogen and oxygen atoms in total. The number of aryl methyl sites for hydroxylation is 1.